The molecule has 0 aromatic heterocycles. The zero-order valence-electron chi connectivity index (χ0n) is 10.8. The first kappa shape index (κ1) is 13.3. The summed E-state index contributed by atoms with van der Waals surface area (Å²) < 4.78 is 4.85. The molecule has 3 atom stereocenters. The van der Waals surface area contributed by atoms with E-state index in [9.17, 15) is 4.79 Å². The molecular weight excluding hydrogens is 200 g/mol. The molecule has 0 amide bonds. The maximum Gasteiger partial charge on any atom is 0.309 e. The fourth-order valence-corrected chi connectivity index (χ4v) is 2.69. The third kappa shape index (κ3) is 2.87. The minimum Gasteiger partial charge on any atom is -0.469 e. The van der Waals surface area contributed by atoms with Crippen molar-refractivity contribution in [2.45, 2.75) is 46.0 Å². The first-order valence-electron chi connectivity index (χ1n) is 6.38. The Morgan fingerprint density at radius 2 is 2.19 bits per heavy atom. The molecule has 0 aromatic rings. The van der Waals surface area contributed by atoms with E-state index < -0.39 is 0 Å². The van der Waals surface area contributed by atoms with Gasteiger partial charge in [0, 0.05) is 0 Å². The zero-order valence-corrected chi connectivity index (χ0v) is 10.8. The molecule has 2 heteroatoms. The molecule has 1 aliphatic rings. The van der Waals surface area contributed by atoms with Crippen LogP contribution in [0.15, 0.2) is 12.2 Å². The fraction of sp³-hybridized carbons (Fsp3) is 0.786. The van der Waals surface area contributed by atoms with Crippen molar-refractivity contribution in [2.75, 3.05) is 7.11 Å². The molecule has 1 rings (SSSR count). The van der Waals surface area contributed by atoms with Crippen LogP contribution in [0.1, 0.15) is 46.0 Å². The lowest BCUT2D eigenvalue weighted by molar-refractivity contribution is -0.146. The number of hydrogen-bond acceptors (Lipinski definition) is 2. The average Bonchev–Trinajstić information content (AvgIpc) is 2.57. The first-order chi connectivity index (χ1) is 7.61. The molecule has 0 aromatic carbocycles. The number of esters is 1. The monoisotopic (exact) mass is 224 g/mol. The minimum atomic E-state index is -0.0633. The van der Waals surface area contributed by atoms with Gasteiger partial charge in [0.2, 0.25) is 0 Å². The molecule has 0 aliphatic heterocycles. The standard InChI is InChI=1S/C14H24O2/c1-5-6-7-8-12-9-13(14(15)16-4)11(3)10(12)2/h11-13H,2,5-9H2,1,3-4H3. The smallest absolute Gasteiger partial charge is 0.309 e. The van der Waals surface area contributed by atoms with Gasteiger partial charge in [-0.15, -0.1) is 0 Å². The molecule has 0 spiro atoms. The molecule has 0 heterocycles. The van der Waals surface area contributed by atoms with E-state index in [0.717, 1.165) is 6.42 Å². The lowest BCUT2D eigenvalue weighted by atomic mass is 9.94. The fourth-order valence-electron chi connectivity index (χ4n) is 2.69. The molecular formula is C14H24O2. The van der Waals surface area contributed by atoms with Gasteiger partial charge in [-0.05, 0) is 24.7 Å². The second-order valence-corrected chi connectivity index (χ2v) is 4.92. The van der Waals surface area contributed by atoms with Gasteiger partial charge >= 0.3 is 5.97 Å². The van der Waals surface area contributed by atoms with Gasteiger partial charge in [-0.1, -0.05) is 45.3 Å². The molecule has 1 fully saturated rings. The van der Waals surface area contributed by atoms with E-state index >= 15 is 0 Å². The molecule has 1 aliphatic carbocycles. The highest BCUT2D eigenvalue weighted by Crippen LogP contribution is 2.42. The molecule has 2 nitrogen and oxygen atoms in total. The Bertz CT molecular complexity index is 257. The third-order valence-electron chi connectivity index (χ3n) is 3.91. The summed E-state index contributed by atoms with van der Waals surface area (Å²) in [6, 6.07) is 0. The first-order valence-corrected chi connectivity index (χ1v) is 6.38. The van der Waals surface area contributed by atoms with E-state index in [1.165, 1.54) is 38.4 Å². The van der Waals surface area contributed by atoms with Gasteiger partial charge < -0.3 is 4.74 Å². The van der Waals surface area contributed by atoms with Gasteiger partial charge in [0.25, 0.3) is 0 Å². The lowest BCUT2D eigenvalue weighted by Gasteiger charge is -2.12. The van der Waals surface area contributed by atoms with Gasteiger partial charge in [-0.2, -0.15) is 0 Å². The predicted octanol–water partition coefficient (Wildman–Crippen LogP) is 3.57. The number of allylic oxidation sites excluding steroid dienone is 1. The quantitative estimate of drug-likeness (QED) is 0.405. The average molecular weight is 224 g/mol. The summed E-state index contributed by atoms with van der Waals surface area (Å²) in [6.07, 6.45) is 5.90. The number of hydrogen-bond donors (Lipinski definition) is 0. The molecule has 0 bridgehead atoms. The van der Waals surface area contributed by atoms with Crippen molar-refractivity contribution in [3.05, 3.63) is 12.2 Å². The van der Waals surface area contributed by atoms with Crippen LogP contribution in [0.5, 0.6) is 0 Å². The van der Waals surface area contributed by atoms with Crippen LogP contribution in [0.3, 0.4) is 0 Å². The van der Waals surface area contributed by atoms with E-state index in [1.54, 1.807) is 0 Å². The third-order valence-corrected chi connectivity index (χ3v) is 3.91. The van der Waals surface area contributed by atoms with Gasteiger partial charge in [0.1, 0.15) is 0 Å². The van der Waals surface area contributed by atoms with Crippen LogP contribution in [0.25, 0.3) is 0 Å². The number of carbonyl (C=O) groups is 1. The molecule has 0 N–H and O–H groups in total. The molecule has 0 saturated heterocycles. The molecule has 16 heavy (non-hydrogen) atoms. The van der Waals surface area contributed by atoms with Crippen LogP contribution in [-0.2, 0) is 9.53 Å². The Balaban J connectivity index is 2.51. The van der Waals surface area contributed by atoms with Gasteiger partial charge in [0.05, 0.1) is 13.0 Å². The van der Waals surface area contributed by atoms with E-state index in [0.29, 0.717) is 11.8 Å². The Morgan fingerprint density at radius 3 is 2.75 bits per heavy atom. The molecule has 1 saturated carbocycles. The molecule has 92 valence electrons. The van der Waals surface area contributed by atoms with Crippen molar-refractivity contribution in [1.82, 2.24) is 0 Å². The summed E-state index contributed by atoms with van der Waals surface area (Å²) in [6.45, 7) is 8.47. The highest BCUT2D eigenvalue weighted by atomic mass is 16.5. The van der Waals surface area contributed by atoms with Crippen molar-refractivity contribution in [2.24, 2.45) is 17.8 Å². The van der Waals surface area contributed by atoms with E-state index in [1.807, 2.05) is 0 Å². The number of unbranched alkanes of at least 4 members (excludes halogenated alkanes) is 2. The van der Waals surface area contributed by atoms with Gasteiger partial charge in [0.15, 0.2) is 0 Å². The molecule has 3 unspecified atom stereocenters. The highest BCUT2D eigenvalue weighted by molar-refractivity contribution is 5.74. The van der Waals surface area contributed by atoms with E-state index in [-0.39, 0.29) is 11.9 Å². The summed E-state index contributed by atoms with van der Waals surface area (Å²) in [5.41, 5.74) is 1.26. The van der Waals surface area contributed by atoms with Crippen molar-refractivity contribution in [3.63, 3.8) is 0 Å². The summed E-state index contributed by atoms with van der Waals surface area (Å²) in [4.78, 5) is 11.6. The van der Waals surface area contributed by atoms with Crippen LogP contribution < -0.4 is 0 Å². The highest BCUT2D eigenvalue weighted by Gasteiger charge is 2.38. The second-order valence-electron chi connectivity index (χ2n) is 4.92. The number of rotatable bonds is 5. The Kier molecular flexibility index (Phi) is 5.04. The van der Waals surface area contributed by atoms with Gasteiger partial charge in [-0.3, -0.25) is 4.79 Å². The zero-order chi connectivity index (χ0) is 12.1. The maximum absolute atomic E-state index is 11.6. The Hall–Kier alpha value is -0.790. The summed E-state index contributed by atoms with van der Waals surface area (Å²) in [7, 11) is 1.47. The van der Waals surface area contributed by atoms with Crippen LogP contribution in [0, 0.1) is 17.8 Å². The van der Waals surface area contributed by atoms with E-state index in [4.69, 9.17) is 4.74 Å². The van der Waals surface area contributed by atoms with Crippen molar-refractivity contribution < 1.29 is 9.53 Å². The van der Waals surface area contributed by atoms with Crippen LogP contribution in [0.2, 0.25) is 0 Å². The Labute approximate surface area is 99.1 Å². The van der Waals surface area contributed by atoms with Crippen LogP contribution in [-0.4, -0.2) is 13.1 Å². The second kappa shape index (κ2) is 6.07. The maximum atomic E-state index is 11.6. The van der Waals surface area contributed by atoms with Crippen molar-refractivity contribution in [3.8, 4) is 0 Å². The summed E-state index contributed by atoms with van der Waals surface area (Å²) in [5.74, 6) is 0.806. The summed E-state index contributed by atoms with van der Waals surface area (Å²) >= 11 is 0. The summed E-state index contributed by atoms with van der Waals surface area (Å²) in [5, 5.41) is 0. The number of ether oxygens (including phenoxy) is 1. The largest absolute Gasteiger partial charge is 0.469 e. The predicted molar refractivity (Wildman–Crippen MR) is 66.1 cm³/mol. The Morgan fingerprint density at radius 1 is 1.50 bits per heavy atom. The lowest BCUT2D eigenvalue weighted by Crippen LogP contribution is -2.18. The SMILES string of the molecule is C=C1C(CCCCC)CC(C(=O)OC)C1C. The number of methoxy groups -OCH3 is 1. The topological polar surface area (TPSA) is 26.3 Å². The van der Waals surface area contributed by atoms with Crippen LogP contribution in [0.4, 0.5) is 0 Å². The minimum absolute atomic E-state index is 0.0455. The molecule has 0 radical (unpaired) electrons. The number of carbonyl (C=O) groups excluding carboxylic acids is 1. The van der Waals surface area contributed by atoms with Gasteiger partial charge in [-0.25, -0.2) is 0 Å². The van der Waals surface area contributed by atoms with Crippen molar-refractivity contribution in [1.29, 1.82) is 0 Å². The normalized spacial score (nSPS) is 29.4. The van der Waals surface area contributed by atoms with E-state index in [2.05, 4.69) is 20.4 Å². The van der Waals surface area contributed by atoms with Crippen LogP contribution >= 0.6 is 0 Å². The van der Waals surface area contributed by atoms with Crippen molar-refractivity contribution >= 4 is 5.97 Å².